The van der Waals surface area contributed by atoms with Gasteiger partial charge in [-0.3, -0.25) is 0 Å². The summed E-state index contributed by atoms with van der Waals surface area (Å²) in [6, 6.07) is 0.506. The van der Waals surface area contributed by atoms with E-state index in [1.54, 1.807) is 7.11 Å². The standard InChI is InChI=1S/C10H21NO2/c1-9(4-6-12-3)11-10(2)5-7-13-8-10/h9,11H,4-8H2,1-3H3. The maximum absolute atomic E-state index is 5.37. The lowest BCUT2D eigenvalue weighted by Crippen LogP contribution is -2.47. The van der Waals surface area contributed by atoms with Crippen LogP contribution in [0.1, 0.15) is 26.7 Å². The molecule has 1 heterocycles. The van der Waals surface area contributed by atoms with E-state index >= 15 is 0 Å². The van der Waals surface area contributed by atoms with Crippen LogP contribution in [0.25, 0.3) is 0 Å². The highest BCUT2D eigenvalue weighted by atomic mass is 16.5. The second kappa shape index (κ2) is 4.94. The lowest BCUT2D eigenvalue weighted by Gasteiger charge is -2.28. The third-order valence-electron chi connectivity index (χ3n) is 2.57. The molecule has 0 aromatic carbocycles. The van der Waals surface area contributed by atoms with Crippen molar-refractivity contribution in [1.29, 1.82) is 0 Å². The van der Waals surface area contributed by atoms with Gasteiger partial charge >= 0.3 is 0 Å². The maximum Gasteiger partial charge on any atom is 0.0646 e. The maximum atomic E-state index is 5.37. The SMILES string of the molecule is COCCC(C)NC1(C)CCOC1. The second-order valence-electron chi connectivity index (χ2n) is 4.19. The van der Waals surface area contributed by atoms with Crippen LogP contribution in [0.2, 0.25) is 0 Å². The molecule has 1 aliphatic heterocycles. The van der Waals surface area contributed by atoms with E-state index in [-0.39, 0.29) is 5.54 Å². The molecule has 1 N–H and O–H groups in total. The summed E-state index contributed by atoms with van der Waals surface area (Å²) in [6.45, 7) is 6.97. The first kappa shape index (κ1) is 11.0. The molecule has 0 bridgehead atoms. The summed E-state index contributed by atoms with van der Waals surface area (Å²) in [7, 11) is 1.74. The Morgan fingerprint density at radius 1 is 1.62 bits per heavy atom. The van der Waals surface area contributed by atoms with Crippen molar-refractivity contribution in [3.63, 3.8) is 0 Å². The van der Waals surface area contributed by atoms with Gasteiger partial charge in [0.05, 0.1) is 6.61 Å². The molecule has 1 fully saturated rings. The van der Waals surface area contributed by atoms with E-state index in [0.29, 0.717) is 6.04 Å². The highest BCUT2D eigenvalue weighted by Crippen LogP contribution is 2.18. The van der Waals surface area contributed by atoms with Crippen molar-refractivity contribution in [2.75, 3.05) is 26.9 Å². The molecular formula is C10H21NO2. The van der Waals surface area contributed by atoms with Crippen molar-refractivity contribution in [3.8, 4) is 0 Å². The minimum atomic E-state index is 0.188. The Balaban J connectivity index is 2.21. The molecule has 13 heavy (non-hydrogen) atoms. The van der Waals surface area contributed by atoms with Crippen molar-refractivity contribution < 1.29 is 9.47 Å². The zero-order valence-corrected chi connectivity index (χ0v) is 8.93. The van der Waals surface area contributed by atoms with Crippen LogP contribution in [0.4, 0.5) is 0 Å². The van der Waals surface area contributed by atoms with Gasteiger partial charge in [0, 0.05) is 31.9 Å². The topological polar surface area (TPSA) is 30.5 Å². The molecule has 78 valence electrons. The summed E-state index contributed by atoms with van der Waals surface area (Å²) in [6.07, 6.45) is 2.18. The Hall–Kier alpha value is -0.120. The third kappa shape index (κ3) is 3.63. The van der Waals surface area contributed by atoms with E-state index in [0.717, 1.165) is 32.7 Å². The van der Waals surface area contributed by atoms with Crippen LogP contribution in [0, 0.1) is 0 Å². The normalized spacial score (nSPS) is 30.7. The summed E-state index contributed by atoms with van der Waals surface area (Å²) in [5, 5.41) is 3.58. The molecule has 1 rings (SSSR count). The number of rotatable bonds is 5. The van der Waals surface area contributed by atoms with Gasteiger partial charge in [-0.25, -0.2) is 0 Å². The summed E-state index contributed by atoms with van der Waals surface area (Å²) in [4.78, 5) is 0. The molecule has 0 aromatic heterocycles. The highest BCUT2D eigenvalue weighted by Gasteiger charge is 2.30. The van der Waals surface area contributed by atoms with Crippen LogP contribution in [0.15, 0.2) is 0 Å². The Labute approximate surface area is 80.8 Å². The van der Waals surface area contributed by atoms with Gasteiger partial charge in [0.15, 0.2) is 0 Å². The van der Waals surface area contributed by atoms with Gasteiger partial charge in [-0.2, -0.15) is 0 Å². The molecule has 0 aliphatic carbocycles. The second-order valence-corrected chi connectivity index (χ2v) is 4.19. The van der Waals surface area contributed by atoms with Gasteiger partial charge in [-0.15, -0.1) is 0 Å². The lowest BCUT2D eigenvalue weighted by molar-refractivity contribution is 0.155. The highest BCUT2D eigenvalue weighted by molar-refractivity contribution is 4.88. The van der Waals surface area contributed by atoms with Crippen LogP contribution in [0.3, 0.4) is 0 Å². The van der Waals surface area contributed by atoms with E-state index in [2.05, 4.69) is 19.2 Å². The molecule has 0 amide bonds. The molecule has 1 aliphatic rings. The fourth-order valence-electron chi connectivity index (χ4n) is 1.74. The van der Waals surface area contributed by atoms with E-state index in [1.807, 2.05) is 0 Å². The predicted molar refractivity (Wildman–Crippen MR) is 52.9 cm³/mol. The summed E-state index contributed by atoms with van der Waals surface area (Å²) >= 11 is 0. The van der Waals surface area contributed by atoms with Gasteiger partial charge in [0.1, 0.15) is 0 Å². The first-order valence-corrected chi connectivity index (χ1v) is 5.01. The number of hydrogen-bond donors (Lipinski definition) is 1. The minimum absolute atomic E-state index is 0.188. The molecular weight excluding hydrogens is 166 g/mol. The van der Waals surface area contributed by atoms with E-state index in [9.17, 15) is 0 Å². The molecule has 2 atom stereocenters. The zero-order chi connectivity index (χ0) is 9.73. The fourth-order valence-corrected chi connectivity index (χ4v) is 1.74. The van der Waals surface area contributed by atoms with Crippen LogP contribution >= 0.6 is 0 Å². The Kier molecular flexibility index (Phi) is 4.16. The number of methoxy groups -OCH3 is 1. The van der Waals surface area contributed by atoms with Gasteiger partial charge in [-0.1, -0.05) is 0 Å². The van der Waals surface area contributed by atoms with Crippen LogP contribution < -0.4 is 5.32 Å². The molecule has 2 unspecified atom stereocenters. The molecule has 0 radical (unpaired) electrons. The summed E-state index contributed by atoms with van der Waals surface area (Å²) < 4.78 is 10.4. The van der Waals surface area contributed by atoms with Crippen molar-refractivity contribution in [3.05, 3.63) is 0 Å². The van der Waals surface area contributed by atoms with Gasteiger partial charge in [0.25, 0.3) is 0 Å². The van der Waals surface area contributed by atoms with Crippen molar-refractivity contribution in [2.24, 2.45) is 0 Å². The molecule has 3 nitrogen and oxygen atoms in total. The number of nitrogens with one attached hydrogen (secondary N) is 1. The van der Waals surface area contributed by atoms with Crippen LogP contribution in [0.5, 0.6) is 0 Å². The third-order valence-corrected chi connectivity index (χ3v) is 2.57. The predicted octanol–water partition coefficient (Wildman–Crippen LogP) is 1.18. The molecule has 1 saturated heterocycles. The summed E-state index contributed by atoms with van der Waals surface area (Å²) in [5.41, 5.74) is 0.188. The quantitative estimate of drug-likeness (QED) is 0.701. The zero-order valence-electron chi connectivity index (χ0n) is 8.93. The van der Waals surface area contributed by atoms with Crippen molar-refractivity contribution in [2.45, 2.75) is 38.3 Å². The minimum Gasteiger partial charge on any atom is -0.385 e. The average Bonchev–Trinajstić information content (AvgIpc) is 2.48. The van der Waals surface area contributed by atoms with E-state index in [4.69, 9.17) is 9.47 Å². The van der Waals surface area contributed by atoms with Gasteiger partial charge in [0.2, 0.25) is 0 Å². The van der Waals surface area contributed by atoms with Crippen LogP contribution in [-0.2, 0) is 9.47 Å². The van der Waals surface area contributed by atoms with Crippen molar-refractivity contribution in [1.82, 2.24) is 5.32 Å². The van der Waals surface area contributed by atoms with Crippen LogP contribution in [-0.4, -0.2) is 38.5 Å². The Bertz CT molecular complexity index is 144. The fraction of sp³-hybridized carbons (Fsp3) is 1.00. The Morgan fingerprint density at radius 2 is 2.38 bits per heavy atom. The summed E-state index contributed by atoms with van der Waals surface area (Å²) in [5.74, 6) is 0. The first-order chi connectivity index (χ1) is 6.16. The smallest absolute Gasteiger partial charge is 0.0646 e. The van der Waals surface area contributed by atoms with Gasteiger partial charge in [-0.05, 0) is 26.7 Å². The number of hydrogen-bond acceptors (Lipinski definition) is 3. The van der Waals surface area contributed by atoms with Gasteiger partial charge < -0.3 is 14.8 Å². The Morgan fingerprint density at radius 3 is 2.92 bits per heavy atom. The molecule has 0 spiro atoms. The average molecular weight is 187 g/mol. The first-order valence-electron chi connectivity index (χ1n) is 5.01. The van der Waals surface area contributed by atoms with E-state index < -0.39 is 0 Å². The molecule has 3 heteroatoms. The lowest BCUT2D eigenvalue weighted by atomic mass is 10.00. The van der Waals surface area contributed by atoms with E-state index in [1.165, 1.54) is 0 Å². The number of ether oxygens (including phenoxy) is 2. The molecule has 0 aromatic rings. The van der Waals surface area contributed by atoms with Crippen molar-refractivity contribution >= 4 is 0 Å². The largest absolute Gasteiger partial charge is 0.385 e. The monoisotopic (exact) mass is 187 g/mol. The molecule has 0 saturated carbocycles.